The average molecular weight is 378 g/mol. The molecule has 3 rings (SSSR count). The first kappa shape index (κ1) is 18.3. The molecule has 24 heavy (non-hydrogen) atoms. The Labute approximate surface area is 152 Å². The highest BCUT2D eigenvalue weighted by molar-refractivity contribution is 9.10. The average Bonchev–Trinajstić information content (AvgIpc) is 2.58. The van der Waals surface area contributed by atoms with Crippen LogP contribution >= 0.6 is 15.9 Å². The molecule has 0 saturated carbocycles. The summed E-state index contributed by atoms with van der Waals surface area (Å²) in [5, 5.41) is 2.00. The van der Waals surface area contributed by atoms with E-state index in [0.29, 0.717) is 11.3 Å². The van der Waals surface area contributed by atoms with Crippen LogP contribution in [0.3, 0.4) is 0 Å². The first-order chi connectivity index (χ1) is 11.6. The number of aryl methyl sites for hydroxylation is 1. The van der Waals surface area contributed by atoms with Crippen LogP contribution in [0.4, 0.5) is 0 Å². The Hall–Kier alpha value is -2.07. The number of nitrogens with zero attached hydrogens (tertiary/aromatic N) is 1. The molecule has 0 atom stereocenters. The number of benzene rings is 2. The second-order valence-electron chi connectivity index (χ2n) is 4.95. The van der Waals surface area contributed by atoms with Crippen molar-refractivity contribution in [3.8, 4) is 11.5 Å². The number of hydrogen-bond donors (Lipinski definition) is 0. The lowest BCUT2D eigenvalue weighted by atomic mass is 9.88. The van der Waals surface area contributed by atoms with Gasteiger partial charge in [0.25, 0.3) is 0 Å². The van der Waals surface area contributed by atoms with Crippen LogP contribution in [0.2, 0.25) is 6.22 Å². The molecule has 0 bridgehead atoms. The summed E-state index contributed by atoms with van der Waals surface area (Å²) in [6.07, 6.45) is 4.59. The van der Waals surface area contributed by atoms with Crippen molar-refractivity contribution in [2.24, 2.45) is 0 Å². The standard InChI is InChI=1S/C17H12BrNO2.CH2B2/c1-11-7-15(18)13(10-20)8-17(11)21-16-4-2-3-12-9-19-6-5-14(12)16;2-1-3/h2-10H,1H3;1H2. The van der Waals surface area contributed by atoms with Crippen molar-refractivity contribution in [3.63, 3.8) is 0 Å². The molecule has 116 valence electrons. The van der Waals surface area contributed by atoms with E-state index in [9.17, 15) is 4.79 Å². The Bertz CT molecular complexity index is 850. The Morgan fingerprint density at radius 1 is 1.21 bits per heavy atom. The third-order valence-corrected chi connectivity index (χ3v) is 3.97. The van der Waals surface area contributed by atoms with Gasteiger partial charge in [0.15, 0.2) is 6.29 Å². The van der Waals surface area contributed by atoms with E-state index < -0.39 is 0 Å². The van der Waals surface area contributed by atoms with Gasteiger partial charge in [0.2, 0.25) is 0 Å². The normalized spacial score (nSPS) is 9.92. The lowest BCUT2D eigenvalue weighted by Crippen LogP contribution is -1.92. The molecule has 1 aromatic heterocycles. The molecule has 0 unspecified atom stereocenters. The third kappa shape index (κ3) is 4.26. The molecule has 4 radical (unpaired) electrons. The molecule has 0 aliphatic rings. The van der Waals surface area contributed by atoms with E-state index in [1.54, 1.807) is 18.5 Å². The van der Waals surface area contributed by atoms with E-state index >= 15 is 0 Å². The zero-order valence-corrected chi connectivity index (χ0v) is 14.8. The van der Waals surface area contributed by atoms with E-state index in [0.717, 1.165) is 32.8 Å². The quantitative estimate of drug-likeness (QED) is 0.494. The van der Waals surface area contributed by atoms with Gasteiger partial charge < -0.3 is 4.74 Å². The molecule has 6 heteroatoms. The first-order valence-corrected chi connectivity index (χ1v) is 8.06. The minimum absolute atomic E-state index is 0.250. The molecule has 0 aliphatic heterocycles. The SMILES string of the molecule is Cc1cc(Br)c(C=O)cc1Oc1cccc2cnccc12.[B]C[B]. The largest absolute Gasteiger partial charge is 0.456 e. The van der Waals surface area contributed by atoms with Gasteiger partial charge in [-0.15, -0.1) is 6.22 Å². The maximum absolute atomic E-state index is 11.1. The fraction of sp³-hybridized carbons (Fsp3) is 0.111. The summed E-state index contributed by atoms with van der Waals surface area (Å²) in [7, 11) is 9.25. The number of carbonyl (C=O) groups excluding carboxylic acids is 1. The van der Waals surface area contributed by atoms with Crippen molar-refractivity contribution in [3.05, 3.63) is 64.4 Å². The number of aldehydes is 1. The highest BCUT2D eigenvalue weighted by atomic mass is 79.9. The highest BCUT2D eigenvalue weighted by Crippen LogP contribution is 2.33. The maximum Gasteiger partial charge on any atom is 0.151 e. The third-order valence-electron chi connectivity index (χ3n) is 3.28. The van der Waals surface area contributed by atoms with Crippen LogP contribution < -0.4 is 4.74 Å². The van der Waals surface area contributed by atoms with Crippen LogP contribution in [-0.4, -0.2) is 27.0 Å². The van der Waals surface area contributed by atoms with Gasteiger partial charge in [-0.25, -0.2) is 0 Å². The van der Waals surface area contributed by atoms with Gasteiger partial charge in [0.05, 0.1) is 15.7 Å². The van der Waals surface area contributed by atoms with Gasteiger partial charge in [-0.3, -0.25) is 9.78 Å². The number of aromatic nitrogens is 1. The number of hydrogen-bond acceptors (Lipinski definition) is 3. The fourth-order valence-electron chi connectivity index (χ4n) is 2.17. The zero-order chi connectivity index (χ0) is 17.5. The Balaban J connectivity index is 0.000000647. The number of ether oxygens (including phenoxy) is 1. The van der Waals surface area contributed by atoms with Gasteiger partial charge in [-0.1, -0.05) is 28.1 Å². The molecular formula is C18H14B2BrNO2. The molecule has 1 heterocycles. The van der Waals surface area contributed by atoms with Crippen molar-refractivity contribution in [2.75, 3.05) is 0 Å². The van der Waals surface area contributed by atoms with Crippen LogP contribution in [0.15, 0.2) is 53.3 Å². The molecule has 3 aromatic rings. The van der Waals surface area contributed by atoms with Crippen molar-refractivity contribution in [1.29, 1.82) is 0 Å². The summed E-state index contributed by atoms with van der Waals surface area (Å²) in [6.45, 7) is 1.95. The van der Waals surface area contributed by atoms with Crippen molar-refractivity contribution in [1.82, 2.24) is 4.98 Å². The van der Waals surface area contributed by atoms with Gasteiger partial charge in [-0.05, 0) is 36.8 Å². The Morgan fingerprint density at radius 2 is 1.96 bits per heavy atom. The van der Waals surface area contributed by atoms with Crippen molar-refractivity contribution >= 4 is 48.7 Å². The van der Waals surface area contributed by atoms with Gasteiger partial charge in [0, 0.05) is 33.2 Å². The molecule has 3 nitrogen and oxygen atoms in total. The second-order valence-corrected chi connectivity index (χ2v) is 5.80. The molecular weight excluding hydrogens is 364 g/mol. The van der Waals surface area contributed by atoms with E-state index in [1.165, 1.54) is 0 Å². The number of halogens is 1. The number of rotatable bonds is 3. The van der Waals surface area contributed by atoms with Crippen LogP contribution in [0.25, 0.3) is 10.8 Å². The van der Waals surface area contributed by atoms with Crippen molar-refractivity contribution in [2.45, 2.75) is 13.1 Å². The molecule has 0 saturated heterocycles. The Morgan fingerprint density at radius 3 is 2.67 bits per heavy atom. The van der Waals surface area contributed by atoms with E-state index in [2.05, 4.69) is 36.6 Å². The van der Waals surface area contributed by atoms with Gasteiger partial charge in [-0.2, -0.15) is 0 Å². The first-order valence-electron chi connectivity index (χ1n) is 7.26. The zero-order valence-electron chi connectivity index (χ0n) is 13.2. The second kappa shape index (κ2) is 8.69. The fourth-order valence-corrected chi connectivity index (χ4v) is 2.72. The Kier molecular flexibility index (Phi) is 6.62. The summed E-state index contributed by atoms with van der Waals surface area (Å²) in [6, 6.07) is 11.4. The number of fused-ring (bicyclic) bond motifs is 1. The predicted octanol–water partition coefficient (Wildman–Crippen LogP) is 4.61. The summed E-state index contributed by atoms with van der Waals surface area (Å²) >= 11 is 3.37. The smallest absolute Gasteiger partial charge is 0.151 e. The van der Waals surface area contributed by atoms with Gasteiger partial charge >= 0.3 is 0 Å². The van der Waals surface area contributed by atoms with E-state index in [-0.39, 0.29) is 6.22 Å². The lowest BCUT2D eigenvalue weighted by molar-refractivity contribution is 0.112. The number of pyridine rings is 1. The summed E-state index contributed by atoms with van der Waals surface area (Å²) in [5.74, 6) is 1.42. The molecule has 0 spiro atoms. The lowest BCUT2D eigenvalue weighted by Gasteiger charge is -2.12. The monoisotopic (exact) mass is 377 g/mol. The minimum Gasteiger partial charge on any atom is -0.456 e. The summed E-state index contributed by atoms with van der Waals surface area (Å²) < 4.78 is 6.78. The minimum atomic E-state index is 0.250. The molecule has 0 amide bonds. The summed E-state index contributed by atoms with van der Waals surface area (Å²) in [5.41, 5.74) is 1.52. The maximum atomic E-state index is 11.1. The van der Waals surface area contributed by atoms with Crippen LogP contribution in [0.1, 0.15) is 15.9 Å². The van der Waals surface area contributed by atoms with E-state index in [1.807, 2.05) is 37.3 Å². The summed E-state index contributed by atoms with van der Waals surface area (Å²) in [4.78, 5) is 15.2. The molecule has 0 fully saturated rings. The van der Waals surface area contributed by atoms with Crippen LogP contribution in [0.5, 0.6) is 11.5 Å². The highest BCUT2D eigenvalue weighted by Gasteiger charge is 2.09. The van der Waals surface area contributed by atoms with Gasteiger partial charge in [0.1, 0.15) is 11.5 Å². The van der Waals surface area contributed by atoms with Crippen molar-refractivity contribution < 1.29 is 9.53 Å². The molecule has 0 aliphatic carbocycles. The molecule has 0 N–H and O–H groups in total. The van der Waals surface area contributed by atoms with Crippen LogP contribution in [0, 0.1) is 6.92 Å². The van der Waals surface area contributed by atoms with E-state index in [4.69, 9.17) is 4.74 Å². The van der Waals surface area contributed by atoms with Crippen LogP contribution in [-0.2, 0) is 0 Å². The predicted molar refractivity (Wildman–Crippen MR) is 102 cm³/mol. The number of carbonyl (C=O) groups is 1. The molecule has 2 aromatic carbocycles. The topological polar surface area (TPSA) is 39.2 Å².